The van der Waals surface area contributed by atoms with Crippen LogP contribution in [0.15, 0.2) is 18.2 Å². The van der Waals surface area contributed by atoms with E-state index in [1.807, 2.05) is 0 Å². The Bertz CT molecular complexity index is 722. The van der Waals surface area contributed by atoms with Crippen molar-refractivity contribution in [2.45, 2.75) is 51.4 Å². The summed E-state index contributed by atoms with van der Waals surface area (Å²) in [7, 11) is -2.08. The van der Waals surface area contributed by atoms with Gasteiger partial charge in [-0.15, -0.1) is 0 Å². The summed E-state index contributed by atoms with van der Waals surface area (Å²) in [6.07, 6.45) is 0. The fraction of sp³-hybridized carbons (Fsp3) is 0.588. The van der Waals surface area contributed by atoms with Gasteiger partial charge in [0.1, 0.15) is 5.25 Å². The zero-order valence-electron chi connectivity index (χ0n) is 15.5. The second-order valence-electron chi connectivity index (χ2n) is 6.07. The number of sulfone groups is 1. The van der Waals surface area contributed by atoms with E-state index in [0.717, 1.165) is 0 Å². The van der Waals surface area contributed by atoms with Crippen molar-refractivity contribution in [3.8, 4) is 11.5 Å². The fourth-order valence-electron chi connectivity index (χ4n) is 2.32. The van der Waals surface area contributed by atoms with Crippen LogP contribution in [0, 0.1) is 0 Å². The van der Waals surface area contributed by atoms with Gasteiger partial charge in [-0.2, -0.15) is 8.78 Å². The average molecular weight is 393 g/mol. The van der Waals surface area contributed by atoms with E-state index >= 15 is 0 Å². The second-order valence-corrected chi connectivity index (χ2v) is 8.89. The highest BCUT2D eigenvalue weighted by molar-refractivity contribution is 7.93. The topological polar surface area (TPSA) is 72.9 Å². The van der Waals surface area contributed by atoms with Crippen molar-refractivity contribution >= 4 is 15.7 Å². The zero-order valence-corrected chi connectivity index (χ0v) is 16.3. The van der Waals surface area contributed by atoms with Gasteiger partial charge in [0.15, 0.2) is 21.3 Å². The van der Waals surface area contributed by atoms with Crippen molar-refractivity contribution in [1.29, 1.82) is 0 Å². The summed E-state index contributed by atoms with van der Waals surface area (Å²) in [5.41, 5.74) is 0.597. The smallest absolute Gasteiger partial charge is 0.387 e. The minimum Gasteiger partial charge on any atom is -0.490 e. The summed E-state index contributed by atoms with van der Waals surface area (Å²) in [5, 5.41) is -1.83. The van der Waals surface area contributed by atoms with E-state index in [1.165, 1.54) is 50.9 Å². The van der Waals surface area contributed by atoms with Crippen LogP contribution < -0.4 is 9.47 Å². The molecular formula is C17H25F2NO5S. The quantitative estimate of drug-likeness (QED) is 0.645. The number of amides is 1. The second kappa shape index (κ2) is 9.16. The Hall–Kier alpha value is -1.90. The van der Waals surface area contributed by atoms with Gasteiger partial charge in [-0.05, 0) is 45.4 Å². The van der Waals surface area contributed by atoms with Crippen LogP contribution in [0.5, 0.6) is 11.5 Å². The predicted octanol–water partition coefficient (Wildman–Crippen LogP) is 2.86. The molecule has 0 bridgehead atoms. The lowest BCUT2D eigenvalue weighted by molar-refractivity contribution is -0.129. The van der Waals surface area contributed by atoms with E-state index in [9.17, 15) is 22.0 Å². The van der Waals surface area contributed by atoms with E-state index in [0.29, 0.717) is 5.56 Å². The van der Waals surface area contributed by atoms with Gasteiger partial charge in [0, 0.05) is 13.6 Å². The van der Waals surface area contributed by atoms with Crippen molar-refractivity contribution in [3.63, 3.8) is 0 Å². The third-order valence-corrected chi connectivity index (χ3v) is 6.32. The Morgan fingerprint density at radius 2 is 1.81 bits per heavy atom. The monoisotopic (exact) mass is 393 g/mol. The van der Waals surface area contributed by atoms with Crippen molar-refractivity contribution in [2.24, 2.45) is 0 Å². The Balaban J connectivity index is 2.97. The zero-order chi connectivity index (χ0) is 20.1. The molecule has 0 fully saturated rings. The van der Waals surface area contributed by atoms with Gasteiger partial charge in [0.05, 0.1) is 11.9 Å². The summed E-state index contributed by atoms with van der Waals surface area (Å²) in [4.78, 5) is 13.7. The molecule has 0 heterocycles. The van der Waals surface area contributed by atoms with E-state index in [1.54, 1.807) is 6.92 Å². The normalized spacial score (nSPS) is 13.0. The number of ether oxygens (including phenoxy) is 2. The molecule has 26 heavy (non-hydrogen) atoms. The summed E-state index contributed by atoms with van der Waals surface area (Å²) in [6.45, 7) is 3.48. The average Bonchev–Trinajstić information content (AvgIpc) is 2.55. The molecule has 1 unspecified atom stereocenters. The fourth-order valence-corrected chi connectivity index (χ4v) is 3.60. The van der Waals surface area contributed by atoms with Crippen molar-refractivity contribution in [2.75, 3.05) is 13.7 Å². The number of hydrogen-bond acceptors (Lipinski definition) is 5. The van der Waals surface area contributed by atoms with Crippen LogP contribution >= 0.6 is 0 Å². The minimum atomic E-state index is -3.57. The summed E-state index contributed by atoms with van der Waals surface area (Å²) < 4.78 is 58.9. The van der Waals surface area contributed by atoms with Crippen LogP contribution in [0.3, 0.4) is 0 Å². The Labute approximate surface area is 153 Å². The number of carbonyl (C=O) groups is 1. The van der Waals surface area contributed by atoms with E-state index in [-0.39, 0.29) is 24.7 Å². The summed E-state index contributed by atoms with van der Waals surface area (Å²) in [5.74, 6) is -0.506. The van der Waals surface area contributed by atoms with Gasteiger partial charge in [-0.1, -0.05) is 6.07 Å². The molecule has 1 rings (SSSR count). The highest BCUT2D eigenvalue weighted by Gasteiger charge is 2.32. The lowest BCUT2D eigenvalue weighted by atomic mass is 10.2. The standard InChI is InChI=1S/C17H25F2NO5S/c1-6-24-15-9-13(7-8-14(15)25-17(18)19)10-20(5)16(21)12(4)26(22,23)11(2)3/h7-9,11-12,17H,6,10H2,1-5H3. The number of hydrogen-bond donors (Lipinski definition) is 0. The maximum atomic E-state index is 12.4. The first kappa shape index (κ1) is 22.1. The van der Waals surface area contributed by atoms with Crippen molar-refractivity contribution in [1.82, 2.24) is 4.90 Å². The van der Waals surface area contributed by atoms with Gasteiger partial charge < -0.3 is 14.4 Å². The molecule has 1 amide bonds. The van der Waals surface area contributed by atoms with Crippen LogP contribution in [0.2, 0.25) is 0 Å². The SMILES string of the molecule is CCOc1cc(CN(C)C(=O)C(C)S(=O)(=O)C(C)C)ccc1OC(F)F. The first-order valence-electron chi connectivity index (χ1n) is 8.18. The van der Waals surface area contributed by atoms with Crippen LogP contribution in [-0.4, -0.2) is 50.0 Å². The lowest BCUT2D eigenvalue weighted by Gasteiger charge is -2.23. The van der Waals surface area contributed by atoms with Gasteiger partial charge in [0.2, 0.25) is 5.91 Å². The van der Waals surface area contributed by atoms with Gasteiger partial charge >= 0.3 is 6.61 Å². The maximum absolute atomic E-state index is 12.4. The van der Waals surface area contributed by atoms with Crippen molar-refractivity contribution < 1.29 is 31.5 Å². The molecule has 148 valence electrons. The number of halogens is 2. The van der Waals surface area contributed by atoms with Crippen LogP contribution in [0.4, 0.5) is 8.78 Å². The van der Waals surface area contributed by atoms with E-state index in [4.69, 9.17) is 4.74 Å². The third-order valence-electron chi connectivity index (χ3n) is 3.82. The molecule has 1 aromatic rings. The molecule has 0 aliphatic heterocycles. The first-order valence-corrected chi connectivity index (χ1v) is 9.79. The minimum absolute atomic E-state index is 0.102. The maximum Gasteiger partial charge on any atom is 0.387 e. The Morgan fingerprint density at radius 1 is 1.19 bits per heavy atom. The van der Waals surface area contributed by atoms with E-state index < -0.39 is 32.9 Å². The summed E-state index contributed by atoms with van der Waals surface area (Å²) >= 11 is 0. The number of nitrogens with zero attached hydrogens (tertiary/aromatic N) is 1. The Kier molecular flexibility index (Phi) is 7.80. The Morgan fingerprint density at radius 3 is 2.31 bits per heavy atom. The number of alkyl halides is 2. The molecule has 0 aromatic heterocycles. The van der Waals surface area contributed by atoms with Crippen LogP contribution in [0.1, 0.15) is 33.3 Å². The molecular weight excluding hydrogens is 368 g/mol. The molecule has 0 N–H and O–H groups in total. The molecule has 0 spiro atoms. The first-order chi connectivity index (χ1) is 12.0. The molecule has 0 saturated carbocycles. The summed E-state index contributed by atoms with van der Waals surface area (Å²) in [6, 6.07) is 4.34. The predicted molar refractivity (Wildman–Crippen MR) is 94.2 cm³/mol. The molecule has 6 nitrogen and oxygen atoms in total. The molecule has 0 saturated heterocycles. The number of carbonyl (C=O) groups excluding carboxylic acids is 1. The largest absolute Gasteiger partial charge is 0.490 e. The lowest BCUT2D eigenvalue weighted by Crippen LogP contribution is -2.41. The van der Waals surface area contributed by atoms with Gasteiger partial charge in [0.25, 0.3) is 0 Å². The third kappa shape index (κ3) is 5.55. The highest BCUT2D eigenvalue weighted by atomic mass is 32.2. The molecule has 0 radical (unpaired) electrons. The van der Waals surface area contributed by atoms with Crippen molar-refractivity contribution in [3.05, 3.63) is 23.8 Å². The number of benzene rings is 1. The molecule has 1 aromatic carbocycles. The van der Waals surface area contributed by atoms with E-state index in [2.05, 4.69) is 4.74 Å². The van der Waals surface area contributed by atoms with Crippen LogP contribution in [0.25, 0.3) is 0 Å². The van der Waals surface area contributed by atoms with Gasteiger partial charge in [-0.25, -0.2) is 8.42 Å². The van der Waals surface area contributed by atoms with Crippen LogP contribution in [-0.2, 0) is 21.2 Å². The molecule has 0 aliphatic carbocycles. The highest BCUT2D eigenvalue weighted by Crippen LogP contribution is 2.30. The molecule has 1 atom stereocenters. The number of rotatable bonds is 9. The van der Waals surface area contributed by atoms with Gasteiger partial charge in [-0.3, -0.25) is 4.79 Å². The molecule has 0 aliphatic rings. The molecule has 9 heteroatoms.